The number of aliphatic hydroxyl groups excluding tert-OH is 1. The van der Waals surface area contributed by atoms with Crippen LogP contribution in [0.5, 0.6) is 0 Å². The first-order valence-corrected chi connectivity index (χ1v) is 5.77. The number of rotatable bonds is 5. The summed E-state index contributed by atoms with van der Waals surface area (Å²) in [4.78, 5) is 0. The average molecular weight is 225 g/mol. The molecule has 1 aromatic rings. The first-order chi connectivity index (χ1) is 7.77. The van der Waals surface area contributed by atoms with E-state index in [4.69, 9.17) is 9.15 Å². The molecule has 1 aromatic heterocycles. The van der Waals surface area contributed by atoms with Crippen LogP contribution in [0, 0.1) is 12.8 Å². The van der Waals surface area contributed by atoms with Gasteiger partial charge in [-0.15, -0.1) is 0 Å². The molecule has 16 heavy (non-hydrogen) atoms. The Labute approximate surface area is 95.6 Å². The fraction of sp³-hybridized carbons (Fsp3) is 0.667. The van der Waals surface area contributed by atoms with Crippen molar-refractivity contribution < 1.29 is 14.3 Å². The van der Waals surface area contributed by atoms with E-state index in [1.165, 1.54) is 0 Å². The van der Waals surface area contributed by atoms with Crippen LogP contribution in [0.3, 0.4) is 0 Å². The SMILES string of the molecule is Cc1ccoc1CNCC(O)C1CCOC1. The molecule has 1 aliphatic heterocycles. The van der Waals surface area contributed by atoms with Gasteiger partial charge in [0.25, 0.3) is 0 Å². The van der Waals surface area contributed by atoms with Gasteiger partial charge in [0.2, 0.25) is 0 Å². The Morgan fingerprint density at radius 1 is 1.62 bits per heavy atom. The number of nitrogens with one attached hydrogen (secondary N) is 1. The van der Waals surface area contributed by atoms with Crippen molar-refractivity contribution in [3.05, 3.63) is 23.7 Å². The van der Waals surface area contributed by atoms with Crippen molar-refractivity contribution in [2.75, 3.05) is 19.8 Å². The standard InChI is InChI=1S/C12H19NO3/c1-9-2-5-16-12(9)7-13-6-11(14)10-3-4-15-8-10/h2,5,10-11,13-14H,3-4,6-8H2,1H3. The normalized spacial score (nSPS) is 22.5. The fourth-order valence-corrected chi connectivity index (χ4v) is 1.94. The van der Waals surface area contributed by atoms with E-state index >= 15 is 0 Å². The molecular weight excluding hydrogens is 206 g/mol. The Morgan fingerprint density at radius 3 is 3.12 bits per heavy atom. The predicted octanol–water partition coefficient (Wildman–Crippen LogP) is 1.08. The van der Waals surface area contributed by atoms with Crippen LogP contribution in [0.25, 0.3) is 0 Å². The van der Waals surface area contributed by atoms with Crippen molar-refractivity contribution in [1.29, 1.82) is 0 Å². The third kappa shape index (κ3) is 2.84. The monoisotopic (exact) mass is 225 g/mol. The highest BCUT2D eigenvalue weighted by Crippen LogP contribution is 2.16. The molecule has 1 saturated heterocycles. The predicted molar refractivity (Wildman–Crippen MR) is 60.1 cm³/mol. The molecule has 2 atom stereocenters. The summed E-state index contributed by atoms with van der Waals surface area (Å²) in [5, 5.41) is 13.1. The first-order valence-electron chi connectivity index (χ1n) is 5.77. The average Bonchev–Trinajstić information content (AvgIpc) is 2.90. The van der Waals surface area contributed by atoms with Crippen LogP contribution in [0.4, 0.5) is 0 Å². The Bertz CT molecular complexity index is 318. The quantitative estimate of drug-likeness (QED) is 0.787. The fourth-order valence-electron chi connectivity index (χ4n) is 1.94. The van der Waals surface area contributed by atoms with E-state index in [1.807, 2.05) is 13.0 Å². The highest BCUT2D eigenvalue weighted by Gasteiger charge is 2.23. The molecule has 0 saturated carbocycles. The molecule has 1 fully saturated rings. The van der Waals surface area contributed by atoms with Gasteiger partial charge in [-0.2, -0.15) is 0 Å². The lowest BCUT2D eigenvalue weighted by atomic mass is 10.0. The van der Waals surface area contributed by atoms with E-state index in [0.717, 1.165) is 24.4 Å². The molecule has 1 aliphatic rings. The van der Waals surface area contributed by atoms with Crippen LogP contribution in [0.2, 0.25) is 0 Å². The molecule has 0 aromatic carbocycles. The van der Waals surface area contributed by atoms with Gasteiger partial charge < -0.3 is 19.6 Å². The van der Waals surface area contributed by atoms with Crippen LogP contribution in [0.15, 0.2) is 16.7 Å². The number of ether oxygens (including phenoxy) is 1. The van der Waals surface area contributed by atoms with Gasteiger partial charge in [0.1, 0.15) is 5.76 Å². The van der Waals surface area contributed by atoms with Crippen molar-refractivity contribution in [1.82, 2.24) is 5.32 Å². The molecule has 2 unspecified atom stereocenters. The third-order valence-corrected chi connectivity index (χ3v) is 3.12. The van der Waals surface area contributed by atoms with E-state index in [1.54, 1.807) is 6.26 Å². The van der Waals surface area contributed by atoms with E-state index in [0.29, 0.717) is 19.7 Å². The summed E-state index contributed by atoms with van der Waals surface area (Å²) < 4.78 is 10.5. The largest absolute Gasteiger partial charge is 0.468 e. The van der Waals surface area contributed by atoms with Gasteiger partial charge in [-0.3, -0.25) is 0 Å². The minimum absolute atomic E-state index is 0.283. The second-order valence-electron chi connectivity index (χ2n) is 4.35. The molecule has 0 radical (unpaired) electrons. The van der Waals surface area contributed by atoms with Gasteiger partial charge in [0.15, 0.2) is 0 Å². The van der Waals surface area contributed by atoms with E-state index in [-0.39, 0.29) is 12.0 Å². The van der Waals surface area contributed by atoms with Gasteiger partial charge >= 0.3 is 0 Å². The van der Waals surface area contributed by atoms with Gasteiger partial charge in [0.05, 0.1) is 25.5 Å². The summed E-state index contributed by atoms with van der Waals surface area (Å²) in [7, 11) is 0. The third-order valence-electron chi connectivity index (χ3n) is 3.12. The van der Waals surface area contributed by atoms with E-state index < -0.39 is 0 Å². The molecule has 0 spiro atoms. The van der Waals surface area contributed by atoms with Crippen molar-refractivity contribution in [2.24, 2.45) is 5.92 Å². The molecule has 2 heterocycles. The zero-order chi connectivity index (χ0) is 11.4. The number of hydrogen-bond donors (Lipinski definition) is 2. The van der Waals surface area contributed by atoms with Crippen LogP contribution in [0.1, 0.15) is 17.7 Å². The van der Waals surface area contributed by atoms with Gasteiger partial charge in [-0.1, -0.05) is 0 Å². The highest BCUT2D eigenvalue weighted by molar-refractivity contribution is 5.14. The molecule has 4 nitrogen and oxygen atoms in total. The molecule has 0 amide bonds. The molecule has 2 N–H and O–H groups in total. The Balaban J connectivity index is 1.69. The first kappa shape index (κ1) is 11.6. The highest BCUT2D eigenvalue weighted by atomic mass is 16.5. The van der Waals surface area contributed by atoms with Crippen LogP contribution in [-0.2, 0) is 11.3 Å². The van der Waals surface area contributed by atoms with Crippen molar-refractivity contribution in [3.63, 3.8) is 0 Å². The topological polar surface area (TPSA) is 54.6 Å². The lowest BCUT2D eigenvalue weighted by Crippen LogP contribution is -2.32. The smallest absolute Gasteiger partial charge is 0.120 e. The zero-order valence-corrected chi connectivity index (χ0v) is 9.61. The molecule has 0 aliphatic carbocycles. The summed E-state index contributed by atoms with van der Waals surface area (Å²) in [5.74, 6) is 1.22. The van der Waals surface area contributed by atoms with Crippen molar-refractivity contribution in [3.8, 4) is 0 Å². The molecular formula is C12H19NO3. The number of aryl methyl sites for hydroxylation is 1. The molecule has 0 bridgehead atoms. The zero-order valence-electron chi connectivity index (χ0n) is 9.61. The number of hydrogen-bond acceptors (Lipinski definition) is 4. The maximum absolute atomic E-state index is 9.87. The second-order valence-corrected chi connectivity index (χ2v) is 4.35. The summed E-state index contributed by atoms with van der Waals surface area (Å²) in [6, 6.07) is 1.94. The summed E-state index contributed by atoms with van der Waals surface area (Å²) in [6.45, 7) is 4.74. The minimum Gasteiger partial charge on any atom is -0.468 e. The molecule has 2 rings (SSSR count). The lowest BCUT2D eigenvalue weighted by Gasteiger charge is -2.16. The number of furan rings is 1. The Hall–Kier alpha value is -0.840. The maximum Gasteiger partial charge on any atom is 0.120 e. The van der Waals surface area contributed by atoms with E-state index in [9.17, 15) is 5.11 Å². The van der Waals surface area contributed by atoms with E-state index in [2.05, 4.69) is 5.32 Å². The van der Waals surface area contributed by atoms with Crippen molar-refractivity contribution in [2.45, 2.75) is 26.0 Å². The van der Waals surface area contributed by atoms with Gasteiger partial charge in [-0.25, -0.2) is 0 Å². The maximum atomic E-state index is 9.87. The van der Waals surface area contributed by atoms with Crippen molar-refractivity contribution >= 4 is 0 Å². The minimum atomic E-state index is -0.322. The second kappa shape index (κ2) is 5.48. The summed E-state index contributed by atoms with van der Waals surface area (Å²) in [5.41, 5.74) is 1.14. The Morgan fingerprint density at radius 2 is 2.50 bits per heavy atom. The molecule has 4 heteroatoms. The summed E-state index contributed by atoms with van der Waals surface area (Å²) in [6.07, 6.45) is 2.33. The number of aliphatic hydroxyl groups is 1. The van der Waals surface area contributed by atoms with Crippen LogP contribution < -0.4 is 5.32 Å². The van der Waals surface area contributed by atoms with Gasteiger partial charge in [-0.05, 0) is 25.0 Å². The van der Waals surface area contributed by atoms with Gasteiger partial charge in [0, 0.05) is 19.1 Å². The molecule has 90 valence electrons. The lowest BCUT2D eigenvalue weighted by molar-refractivity contribution is 0.0902. The summed E-state index contributed by atoms with van der Waals surface area (Å²) >= 11 is 0. The van der Waals surface area contributed by atoms with Crippen LogP contribution >= 0.6 is 0 Å². The van der Waals surface area contributed by atoms with Crippen LogP contribution in [-0.4, -0.2) is 31.0 Å². The Kier molecular flexibility index (Phi) is 3.98.